The van der Waals surface area contributed by atoms with Crippen molar-refractivity contribution >= 4 is 0 Å². The van der Waals surface area contributed by atoms with E-state index in [1.54, 1.807) is 0 Å². The van der Waals surface area contributed by atoms with Gasteiger partial charge in [0.25, 0.3) is 5.89 Å². The molecule has 1 aliphatic rings. The molecule has 134 valence electrons. The van der Waals surface area contributed by atoms with Crippen LogP contribution >= 0.6 is 0 Å². The Morgan fingerprint density at radius 2 is 1.73 bits per heavy atom. The molecule has 0 spiro atoms. The Balaban J connectivity index is 1.36. The van der Waals surface area contributed by atoms with Gasteiger partial charge in [-0.15, -0.1) is 0 Å². The fraction of sp³-hybridized carbons (Fsp3) is 0.333. The van der Waals surface area contributed by atoms with Crippen molar-refractivity contribution in [3.63, 3.8) is 0 Å². The van der Waals surface area contributed by atoms with E-state index < -0.39 is 0 Å². The molecule has 1 fully saturated rings. The van der Waals surface area contributed by atoms with Gasteiger partial charge in [-0.05, 0) is 62.2 Å². The normalized spacial score (nSPS) is 15.1. The van der Waals surface area contributed by atoms with E-state index in [9.17, 15) is 0 Å². The number of piperidine rings is 1. The molecule has 2 heterocycles. The summed E-state index contributed by atoms with van der Waals surface area (Å²) in [4.78, 5) is 4.51. The molecule has 1 aliphatic heterocycles. The average molecular weight is 349 g/mol. The third-order valence-electron chi connectivity index (χ3n) is 4.64. The molecular formula is C21H23N3O2. The Morgan fingerprint density at radius 1 is 0.962 bits per heavy atom. The molecule has 1 N–H and O–H groups in total. The van der Waals surface area contributed by atoms with Gasteiger partial charge in [-0.25, -0.2) is 0 Å². The maximum atomic E-state index is 6.03. The minimum Gasteiger partial charge on any atom is -0.490 e. The second kappa shape index (κ2) is 8.15. The Labute approximate surface area is 153 Å². The maximum absolute atomic E-state index is 6.03. The molecule has 5 nitrogen and oxygen atoms in total. The Morgan fingerprint density at radius 3 is 2.50 bits per heavy atom. The lowest BCUT2D eigenvalue weighted by molar-refractivity contribution is 0.162. The van der Waals surface area contributed by atoms with Crippen LogP contribution in [0.5, 0.6) is 5.75 Å². The van der Waals surface area contributed by atoms with E-state index in [1.807, 2.05) is 42.5 Å². The van der Waals surface area contributed by atoms with Crippen molar-refractivity contribution in [3.8, 4) is 17.2 Å². The van der Waals surface area contributed by atoms with Crippen molar-refractivity contribution in [2.24, 2.45) is 0 Å². The maximum Gasteiger partial charge on any atom is 0.257 e. The third-order valence-corrected chi connectivity index (χ3v) is 4.64. The number of hydrogen-bond acceptors (Lipinski definition) is 5. The van der Waals surface area contributed by atoms with Crippen molar-refractivity contribution in [1.82, 2.24) is 15.5 Å². The minimum atomic E-state index is 0.301. The zero-order valence-electron chi connectivity index (χ0n) is 14.7. The van der Waals surface area contributed by atoms with Gasteiger partial charge in [0.05, 0.1) is 0 Å². The van der Waals surface area contributed by atoms with Crippen LogP contribution in [0.15, 0.2) is 59.1 Å². The van der Waals surface area contributed by atoms with Crippen LogP contribution < -0.4 is 10.1 Å². The van der Waals surface area contributed by atoms with Gasteiger partial charge in [0, 0.05) is 12.0 Å². The van der Waals surface area contributed by atoms with E-state index in [4.69, 9.17) is 9.26 Å². The monoisotopic (exact) mass is 349 g/mol. The molecule has 0 radical (unpaired) electrons. The molecular weight excluding hydrogens is 326 g/mol. The van der Waals surface area contributed by atoms with E-state index in [0.29, 0.717) is 12.0 Å². The van der Waals surface area contributed by atoms with E-state index in [0.717, 1.165) is 55.9 Å². The molecule has 3 aromatic rings. The van der Waals surface area contributed by atoms with Crippen LogP contribution in [-0.2, 0) is 12.8 Å². The van der Waals surface area contributed by atoms with Gasteiger partial charge in [-0.2, -0.15) is 4.98 Å². The molecule has 0 bridgehead atoms. The molecule has 5 heteroatoms. The second-order valence-corrected chi connectivity index (χ2v) is 6.59. The first kappa shape index (κ1) is 16.8. The first-order chi connectivity index (χ1) is 12.9. The number of aromatic nitrogens is 2. The van der Waals surface area contributed by atoms with Gasteiger partial charge >= 0.3 is 0 Å². The smallest absolute Gasteiger partial charge is 0.257 e. The summed E-state index contributed by atoms with van der Waals surface area (Å²) in [6.45, 7) is 2.05. The van der Waals surface area contributed by atoms with E-state index in [-0.39, 0.29) is 0 Å². The third kappa shape index (κ3) is 4.29. The Kier molecular flexibility index (Phi) is 5.26. The number of ether oxygens (including phenoxy) is 1. The van der Waals surface area contributed by atoms with Crippen LogP contribution in [0.4, 0.5) is 0 Å². The van der Waals surface area contributed by atoms with Gasteiger partial charge in [0.15, 0.2) is 5.82 Å². The zero-order chi connectivity index (χ0) is 17.6. The highest BCUT2D eigenvalue weighted by molar-refractivity contribution is 5.54. The first-order valence-corrected chi connectivity index (χ1v) is 9.21. The summed E-state index contributed by atoms with van der Waals surface area (Å²) in [6.07, 6.45) is 4.08. The average Bonchev–Trinajstić information content (AvgIpc) is 3.18. The van der Waals surface area contributed by atoms with Crippen LogP contribution in [0.25, 0.3) is 11.5 Å². The van der Waals surface area contributed by atoms with E-state index in [2.05, 4.69) is 27.6 Å². The molecule has 0 atom stereocenters. The molecule has 0 unspecified atom stereocenters. The molecule has 0 saturated carbocycles. The topological polar surface area (TPSA) is 60.2 Å². The quantitative estimate of drug-likeness (QED) is 0.736. The predicted molar refractivity (Wildman–Crippen MR) is 100 cm³/mol. The van der Waals surface area contributed by atoms with Crippen LogP contribution in [-0.4, -0.2) is 29.3 Å². The summed E-state index contributed by atoms with van der Waals surface area (Å²) >= 11 is 0. The highest BCUT2D eigenvalue weighted by atomic mass is 16.5. The van der Waals surface area contributed by atoms with Crippen molar-refractivity contribution in [2.75, 3.05) is 13.1 Å². The lowest BCUT2D eigenvalue weighted by Gasteiger charge is -2.23. The molecule has 1 saturated heterocycles. The fourth-order valence-electron chi connectivity index (χ4n) is 3.16. The highest BCUT2D eigenvalue weighted by Crippen LogP contribution is 2.23. The molecule has 0 amide bonds. The molecule has 1 aromatic heterocycles. The predicted octanol–water partition coefficient (Wildman–Crippen LogP) is 3.65. The van der Waals surface area contributed by atoms with Crippen LogP contribution in [0.3, 0.4) is 0 Å². The van der Waals surface area contributed by atoms with Crippen LogP contribution in [0.1, 0.15) is 24.2 Å². The minimum absolute atomic E-state index is 0.301. The molecule has 26 heavy (non-hydrogen) atoms. The van der Waals surface area contributed by atoms with Crippen LogP contribution in [0, 0.1) is 0 Å². The standard InChI is InChI=1S/C21H23N3O2/c1-2-4-16(5-3-1)6-11-20-23-21(26-24-20)17-7-9-18(10-8-17)25-19-12-14-22-15-13-19/h1-5,7-10,19,22H,6,11-15H2. The lowest BCUT2D eigenvalue weighted by atomic mass is 10.1. The van der Waals surface area contributed by atoms with E-state index >= 15 is 0 Å². The summed E-state index contributed by atoms with van der Waals surface area (Å²) in [5.41, 5.74) is 2.19. The SMILES string of the molecule is c1ccc(CCc2noc(-c3ccc(OC4CCNCC4)cc3)n2)cc1. The summed E-state index contributed by atoms with van der Waals surface area (Å²) < 4.78 is 11.5. The number of nitrogens with zero attached hydrogens (tertiary/aromatic N) is 2. The summed E-state index contributed by atoms with van der Waals surface area (Å²) in [5.74, 6) is 2.19. The number of benzene rings is 2. The van der Waals surface area contributed by atoms with Gasteiger partial charge in [0.2, 0.25) is 0 Å². The summed E-state index contributed by atoms with van der Waals surface area (Å²) in [6, 6.07) is 18.2. The number of aryl methyl sites for hydroxylation is 2. The van der Waals surface area contributed by atoms with Crippen molar-refractivity contribution in [2.45, 2.75) is 31.8 Å². The lowest BCUT2D eigenvalue weighted by Crippen LogP contribution is -2.34. The van der Waals surface area contributed by atoms with Gasteiger partial charge in [0.1, 0.15) is 11.9 Å². The highest BCUT2D eigenvalue weighted by Gasteiger charge is 2.15. The number of hydrogen-bond donors (Lipinski definition) is 1. The Hall–Kier alpha value is -2.66. The Bertz CT molecular complexity index is 809. The van der Waals surface area contributed by atoms with Crippen molar-refractivity contribution < 1.29 is 9.26 Å². The number of nitrogens with one attached hydrogen (secondary N) is 1. The summed E-state index contributed by atoms with van der Waals surface area (Å²) in [7, 11) is 0. The van der Waals surface area contributed by atoms with Gasteiger partial charge in [-0.3, -0.25) is 0 Å². The molecule has 4 rings (SSSR count). The zero-order valence-corrected chi connectivity index (χ0v) is 14.7. The first-order valence-electron chi connectivity index (χ1n) is 9.21. The molecule has 0 aliphatic carbocycles. The van der Waals surface area contributed by atoms with Gasteiger partial charge in [-0.1, -0.05) is 35.5 Å². The number of rotatable bonds is 6. The van der Waals surface area contributed by atoms with Gasteiger partial charge < -0.3 is 14.6 Å². The van der Waals surface area contributed by atoms with Crippen molar-refractivity contribution in [1.29, 1.82) is 0 Å². The van der Waals surface area contributed by atoms with Crippen molar-refractivity contribution in [3.05, 3.63) is 66.0 Å². The fourth-order valence-corrected chi connectivity index (χ4v) is 3.16. The summed E-state index contributed by atoms with van der Waals surface area (Å²) in [5, 5.41) is 7.45. The largest absolute Gasteiger partial charge is 0.490 e. The molecule has 2 aromatic carbocycles. The second-order valence-electron chi connectivity index (χ2n) is 6.59. The van der Waals surface area contributed by atoms with E-state index in [1.165, 1.54) is 5.56 Å². The van der Waals surface area contributed by atoms with Crippen LogP contribution in [0.2, 0.25) is 0 Å².